The number of ether oxygens (including phenoxy) is 1. The molecule has 182 valence electrons. The van der Waals surface area contributed by atoms with Gasteiger partial charge in [0.05, 0.1) is 18.5 Å². The molecule has 2 aromatic rings. The maximum Gasteiger partial charge on any atom is 0.264 e. The Balaban J connectivity index is 1.39. The van der Waals surface area contributed by atoms with Crippen molar-refractivity contribution < 1.29 is 17.9 Å². The smallest absolute Gasteiger partial charge is 0.264 e. The maximum absolute atomic E-state index is 13.5. The van der Waals surface area contributed by atoms with Gasteiger partial charge in [-0.3, -0.25) is 9.52 Å². The summed E-state index contributed by atoms with van der Waals surface area (Å²) in [4.78, 5) is 15.1. The van der Waals surface area contributed by atoms with E-state index < -0.39 is 10.0 Å². The van der Waals surface area contributed by atoms with Crippen LogP contribution in [0, 0.1) is 17.8 Å². The predicted octanol–water partition coefficient (Wildman–Crippen LogP) is 4.86. The quantitative estimate of drug-likeness (QED) is 0.560. The number of benzene rings is 2. The van der Waals surface area contributed by atoms with Gasteiger partial charge in [-0.15, -0.1) is 0 Å². The summed E-state index contributed by atoms with van der Waals surface area (Å²) in [6, 6.07) is 12.2. The van der Waals surface area contributed by atoms with Crippen LogP contribution in [0.5, 0.6) is 5.75 Å². The second-order valence-corrected chi connectivity index (χ2v) is 11.5. The molecule has 2 bridgehead atoms. The number of nitrogens with zero attached hydrogens (tertiary/aromatic N) is 1. The lowest BCUT2D eigenvalue weighted by Gasteiger charge is -2.23. The molecule has 0 radical (unpaired) electrons. The van der Waals surface area contributed by atoms with Crippen LogP contribution in [0.3, 0.4) is 0 Å². The Kier molecular flexibility index (Phi) is 6.42. The number of rotatable bonds is 8. The molecule has 5 rings (SSSR count). The van der Waals surface area contributed by atoms with Gasteiger partial charge in [0.15, 0.2) is 0 Å². The lowest BCUT2D eigenvalue weighted by atomic mass is 9.86. The van der Waals surface area contributed by atoms with Crippen molar-refractivity contribution in [1.29, 1.82) is 0 Å². The summed E-state index contributed by atoms with van der Waals surface area (Å²) in [5.74, 6) is 2.34. The second kappa shape index (κ2) is 9.49. The first kappa shape index (κ1) is 23.0. The summed E-state index contributed by atoms with van der Waals surface area (Å²) < 4.78 is 35.1. The van der Waals surface area contributed by atoms with Gasteiger partial charge < -0.3 is 15.0 Å². The standard InChI is InChI=1S/C26H33N3O4S/c1-33-24-7-3-2-6-22(24)28-34(31,32)25-17-21(10-11-23(25)29-12-4-5-13-29)27-26(30)16-20-15-18-8-9-19(20)14-18/h2-3,6-7,10-11,17-20,28H,4-5,8-9,12-16H2,1H3,(H,27,30)/t18-,19+,20+/m0/s1. The van der Waals surface area contributed by atoms with Gasteiger partial charge in [-0.25, -0.2) is 8.42 Å². The molecule has 1 saturated heterocycles. The Morgan fingerprint density at radius 3 is 2.59 bits per heavy atom. The number of carbonyl (C=O) groups excluding carboxylic acids is 1. The maximum atomic E-state index is 13.5. The lowest BCUT2D eigenvalue weighted by Crippen LogP contribution is -2.24. The SMILES string of the molecule is COc1ccccc1NS(=O)(=O)c1cc(NC(=O)C[C@H]2C[C@H]3CC[C@@H]2C3)ccc1N1CCCC1. The van der Waals surface area contributed by atoms with Gasteiger partial charge in [0.2, 0.25) is 5.91 Å². The van der Waals surface area contributed by atoms with Gasteiger partial charge in [0.25, 0.3) is 10.0 Å². The largest absolute Gasteiger partial charge is 0.495 e. The van der Waals surface area contributed by atoms with E-state index in [0.717, 1.165) is 38.3 Å². The third-order valence-electron chi connectivity index (χ3n) is 7.66. The van der Waals surface area contributed by atoms with Crippen molar-refractivity contribution in [3.05, 3.63) is 42.5 Å². The molecule has 8 heteroatoms. The number of para-hydroxylation sites is 2. The number of methoxy groups -OCH3 is 1. The lowest BCUT2D eigenvalue weighted by molar-refractivity contribution is -0.117. The zero-order chi connectivity index (χ0) is 23.7. The highest BCUT2D eigenvalue weighted by molar-refractivity contribution is 7.93. The average Bonchev–Trinajstić information content (AvgIpc) is 3.58. The van der Waals surface area contributed by atoms with Crippen LogP contribution in [0.2, 0.25) is 0 Å². The summed E-state index contributed by atoms with van der Waals surface area (Å²) in [5.41, 5.74) is 1.55. The summed E-state index contributed by atoms with van der Waals surface area (Å²) in [7, 11) is -2.42. The normalized spacial score (nSPS) is 23.8. The average molecular weight is 484 g/mol. The first-order valence-corrected chi connectivity index (χ1v) is 13.8. The highest BCUT2D eigenvalue weighted by atomic mass is 32.2. The van der Waals surface area contributed by atoms with Crippen LogP contribution in [0.25, 0.3) is 0 Å². The molecular formula is C26H33N3O4S. The number of carbonyl (C=O) groups is 1. The Hall–Kier alpha value is -2.74. The highest BCUT2D eigenvalue weighted by Crippen LogP contribution is 2.49. The molecule has 2 aromatic carbocycles. The molecule has 0 unspecified atom stereocenters. The van der Waals surface area contributed by atoms with Crippen LogP contribution >= 0.6 is 0 Å². The summed E-state index contributed by atoms with van der Waals surface area (Å²) in [5, 5.41) is 2.97. The minimum atomic E-state index is -3.92. The first-order chi connectivity index (χ1) is 16.4. The van der Waals surface area contributed by atoms with Crippen molar-refractivity contribution in [3.8, 4) is 5.75 Å². The number of fused-ring (bicyclic) bond motifs is 2. The first-order valence-electron chi connectivity index (χ1n) is 12.3. The van der Waals surface area contributed by atoms with Crippen LogP contribution in [0.1, 0.15) is 44.9 Å². The molecule has 34 heavy (non-hydrogen) atoms. The third-order valence-corrected chi connectivity index (χ3v) is 9.06. The molecule has 3 atom stereocenters. The van der Waals surface area contributed by atoms with Gasteiger partial charge >= 0.3 is 0 Å². The molecule has 2 N–H and O–H groups in total. The molecule has 0 spiro atoms. The molecule has 1 amide bonds. The van der Waals surface area contributed by atoms with Crippen LogP contribution < -0.4 is 19.7 Å². The van der Waals surface area contributed by atoms with Crippen molar-refractivity contribution >= 4 is 33.0 Å². The molecule has 1 heterocycles. The fraction of sp³-hybridized carbons (Fsp3) is 0.500. The van der Waals surface area contributed by atoms with Crippen molar-refractivity contribution in [2.45, 2.75) is 49.8 Å². The number of amides is 1. The van der Waals surface area contributed by atoms with E-state index in [0.29, 0.717) is 41.1 Å². The molecule has 3 fully saturated rings. The van der Waals surface area contributed by atoms with Crippen LogP contribution in [-0.2, 0) is 14.8 Å². The van der Waals surface area contributed by atoms with Crippen molar-refractivity contribution in [3.63, 3.8) is 0 Å². The van der Waals surface area contributed by atoms with Gasteiger partial charge in [-0.05, 0) is 80.2 Å². The van der Waals surface area contributed by atoms with Crippen molar-refractivity contribution in [2.75, 3.05) is 35.1 Å². The second-order valence-electron chi connectivity index (χ2n) is 9.87. The van der Waals surface area contributed by atoms with E-state index in [1.54, 1.807) is 30.3 Å². The number of hydrogen-bond donors (Lipinski definition) is 2. The number of hydrogen-bond acceptors (Lipinski definition) is 5. The molecule has 1 aliphatic heterocycles. The van der Waals surface area contributed by atoms with Crippen molar-refractivity contribution in [2.24, 2.45) is 17.8 Å². The highest BCUT2D eigenvalue weighted by Gasteiger charge is 2.40. The Bertz CT molecular complexity index is 1160. The number of sulfonamides is 1. The van der Waals surface area contributed by atoms with E-state index in [9.17, 15) is 13.2 Å². The Labute approximate surface area is 201 Å². The molecular weight excluding hydrogens is 450 g/mol. The fourth-order valence-electron chi connectivity index (χ4n) is 6.03. The van der Waals surface area contributed by atoms with Gasteiger partial charge in [-0.1, -0.05) is 18.6 Å². The zero-order valence-electron chi connectivity index (χ0n) is 19.6. The van der Waals surface area contributed by atoms with E-state index in [1.807, 2.05) is 12.1 Å². The van der Waals surface area contributed by atoms with Crippen LogP contribution in [0.4, 0.5) is 17.1 Å². The van der Waals surface area contributed by atoms with E-state index in [2.05, 4.69) is 14.9 Å². The van der Waals surface area contributed by atoms with E-state index in [4.69, 9.17) is 4.74 Å². The molecule has 0 aromatic heterocycles. The molecule has 2 aliphatic carbocycles. The minimum Gasteiger partial charge on any atom is -0.495 e. The van der Waals surface area contributed by atoms with Gasteiger partial charge in [0.1, 0.15) is 10.6 Å². The monoisotopic (exact) mass is 483 g/mol. The molecule has 7 nitrogen and oxygen atoms in total. The van der Waals surface area contributed by atoms with Crippen LogP contribution in [-0.4, -0.2) is 34.5 Å². The molecule has 2 saturated carbocycles. The zero-order valence-corrected chi connectivity index (χ0v) is 20.4. The van der Waals surface area contributed by atoms with E-state index >= 15 is 0 Å². The molecule has 3 aliphatic rings. The predicted molar refractivity (Wildman–Crippen MR) is 134 cm³/mol. The van der Waals surface area contributed by atoms with Gasteiger partial charge in [0, 0.05) is 25.2 Å². The summed E-state index contributed by atoms with van der Waals surface area (Å²) in [6.07, 6.45) is 7.53. The Morgan fingerprint density at radius 2 is 1.88 bits per heavy atom. The van der Waals surface area contributed by atoms with Gasteiger partial charge in [-0.2, -0.15) is 0 Å². The van der Waals surface area contributed by atoms with Crippen molar-refractivity contribution in [1.82, 2.24) is 0 Å². The third kappa shape index (κ3) is 4.73. The van der Waals surface area contributed by atoms with Crippen LogP contribution in [0.15, 0.2) is 47.4 Å². The minimum absolute atomic E-state index is 0.0347. The van der Waals surface area contributed by atoms with E-state index in [-0.39, 0.29) is 10.8 Å². The summed E-state index contributed by atoms with van der Waals surface area (Å²) in [6.45, 7) is 1.63. The summed E-state index contributed by atoms with van der Waals surface area (Å²) >= 11 is 0. The number of nitrogens with one attached hydrogen (secondary N) is 2. The number of anilines is 3. The fourth-order valence-corrected chi connectivity index (χ4v) is 7.35. The van der Waals surface area contributed by atoms with E-state index in [1.165, 1.54) is 26.4 Å². The topological polar surface area (TPSA) is 87.7 Å². The Morgan fingerprint density at radius 1 is 1.09 bits per heavy atom.